The summed E-state index contributed by atoms with van der Waals surface area (Å²) in [6, 6.07) is 12.6. The van der Waals surface area contributed by atoms with Gasteiger partial charge in [0.15, 0.2) is 11.6 Å². The molecule has 1 aromatic heterocycles. The maximum atomic E-state index is 14.7. The largest absolute Gasteiger partial charge is 0.378 e. The summed E-state index contributed by atoms with van der Waals surface area (Å²) in [5.41, 5.74) is 2.95. The lowest BCUT2D eigenvalue weighted by Gasteiger charge is -2.29. The minimum Gasteiger partial charge on any atom is -0.378 e. The Morgan fingerprint density at radius 1 is 1.21 bits per heavy atom. The first-order valence-electron chi connectivity index (χ1n) is 10.9. The van der Waals surface area contributed by atoms with E-state index in [0.29, 0.717) is 61.5 Å². The molecule has 9 heteroatoms. The van der Waals surface area contributed by atoms with Crippen LogP contribution in [0.25, 0.3) is 0 Å². The Balaban J connectivity index is 1.42. The SMILES string of the molecule is C=CC(=O)Cc1cccc(CNc2nc(Nc3ccc(N4CCOCC4)c(F)c3)ncc2Cl)c1. The maximum absolute atomic E-state index is 14.7. The van der Waals surface area contributed by atoms with Gasteiger partial charge in [0.25, 0.3) is 0 Å². The molecule has 0 bridgehead atoms. The summed E-state index contributed by atoms with van der Waals surface area (Å²) >= 11 is 6.27. The van der Waals surface area contributed by atoms with E-state index >= 15 is 0 Å². The summed E-state index contributed by atoms with van der Waals surface area (Å²) in [5, 5.41) is 6.58. The lowest BCUT2D eigenvalue weighted by molar-refractivity contribution is -0.114. The molecule has 2 aromatic carbocycles. The predicted molar refractivity (Wildman–Crippen MR) is 132 cm³/mol. The van der Waals surface area contributed by atoms with Crippen LogP contribution in [0.3, 0.4) is 0 Å². The van der Waals surface area contributed by atoms with Crippen molar-refractivity contribution in [1.29, 1.82) is 0 Å². The highest BCUT2D eigenvalue weighted by atomic mass is 35.5. The minimum absolute atomic E-state index is 0.0333. The topological polar surface area (TPSA) is 79.4 Å². The van der Waals surface area contributed by atoms with Gasteiger partial charge in [-0.05, 0) is 35.4 Å². The second-order valence-electron chi connectivity index (χ2n) is 7.80. The molecule has 0 atom stereocenters. The van der Waals surface area contributed by atoms with Crippen LogP contribution in [0.2, 0.25) is 5.02 Å². The minimum atomic E-state index is -0.325. The summed E-state index contributed by atoms with van der Waals surface area (Å²) in [7, 11) is 0. The number of benzene rings is 2. The van der Waals surface area contributed by atoms with Crippen molar-refractivity contribution in [2.75, 3.05) is 41.8 Å². The summed E-state index contributed by atoms with van der Waals surface area (Å²) in [6.45, 7) is 6.46. The molecule has 176 valence electrons. The molecule has 0 unspecified atom stereocenters. The number of hydrogen-bond donors (Lipinski definition) is 2. The smallest absolute Gasteiger partial charge is 0.229 e. The van der Waals surface area contributed by atoms with Crippen LogP contribution in [0.5, 0.6) is 0 Å². The van der Waals surface area contributed by atoms with Crippen molar-refractivity contribution in [3.63, 3.8) is 0 Å². The van der Waals surface area contributed by atoms with E-state index in [0.717, 1.165) is 11.1 Å². The Hall–Kier alpha value is -3.49. The lowest BCUT2D eigenvalue weighted by atomic mass is 10.1. The van der Waals surface area contributed by atoms with Crippen LogP contribution in [0, 0.1) is 5.82 Å². The first-order valence-corrected chi connectivity index (χ1v) is 11.3. The number of carbonyl (C=O) groups excluding carboxylic acids is 1. The average molecular weight is 482 g/mol. The van der Waals surface area contributed by atoms with Gasteiger partial charge in [0, 0.05) is 31.7 Å². The molecule has 0 spiro atoms. The van der Waals surface area contributed by atoms with E-state index in [-0.39, 0.29) is 17.5 Å². The van der Waals surface area contributed by atoms with Crippen LogP contribution in [-0.2, 0) is 22.5 Å². The average Bonchev–Trinajstić information content (AvgIpc) is 2.85. The van der Waals surface area contributed by atoms with Crippen LogP contribution < -0.4 is 15.5 Å². The molecule has 0 amide bonds. The number of morpholine rings is 1. The number of halogens is 2. The molecule has 0 aliphatic carbocycles. The zero-order valence-corrected chi connectivity index (χ0v) is 19.3. The van der Waals surface area contributed by atoms with Crippen molar-refractivity contribution in [2.24, 2.45) is 0 Å². The van der Waals surface area contributed by atoms with E-state index < -0.39 is 0 Å². The number of rotatable bonds is 9. The Kier molecular flexibility index (Phi) is 7.72. The van der Waals surface area contributed by atoms with E-state index in [1.165, 1.54) is 18.3 Å². The molecular weight excluding hydrogens is 457 g/mol. The molecule has 34 heavy (non-hydrogen) atoms. The van der Waals surface area contributed by atoms with Crippen molar-refractivity contribution in [3.05, 3.63) is 83.3 Å². The fourth-order valence-corrected chi connectivity index (χ4v) is 3.79. The Morgan fingerprint density at radius 2 is 2.00 bits per heavy atom. The summed E-state index contributed by atoms with van der Waals surface area (Å²) in [4.78, 5) is 22.2. The van der Waals surface area contributed by atoms with Gasteiger partial charge in [0.2, 0.25) is 5.95 Å². The fourth-order valence-electron chi connectivity index (χ4n) is 3.63. The van der Waals surface area contributed by atoms with Crippen LogP contribution in [0.1, 0.15) is 11.1 Å². The third-order valence-corrected chi connectivity index (χ3v) is 5.63. The molecule has 3 aromatic rings. The number of allylic oxidation sites excluding steroid dienone is 1. The quantitative estimate of drug-likeness (QED) is 0.426. The Bertz CT molecular complexity index is 1180. The number of aromatic nitrogens is 2. The van der Waals surface area contributed by atoms with Gasteiger partial charge >= 0.3 is 0 Å². The van der Waals surface area contributed by atoms with Crippen LogP contribution >= 0.6 is 11.6 Å². The van der Waals surface area contributed by atoms with E-state index in [1.54, 1.807) is 12.1 Å². The molecule has 7 nitrogen and oxygen atoms in total. The highest BCUT2D eigenvalue weighted by Crippen LogP contribution is 2.26. The highest BCUT2D eigenvalue weighted by Gasteiger charge is 2.16. The van der Waals surface area contributed by atoms with Crippen LogP contribution in [0.4, 0.5) is 27.5 Å². The fraction of sp³-hybridized carbons (Fsp3) is 0.240. The normalized spacial score (nSPS) is 13.4. The highest BCUT2D eigenvalue weighted by molar-refractivity contribution is 6.32. The van der Waals surface area contributed by atoms with Gasteiger partial charge in [-0.3, -0.25) is 4.79 Å². The van der Waals surface area contributed by atoms with Crippen LogP contribution in [0.15, 0.2) is 61.3 Å². The number of carbonyl (C=O) groups is 1. The van der Waals surface area contributed by atoms with Gasteiger partial charge in [-0.15, -0.1) is 0 Å². The van der Waals surface area contributed by atoms with Crippen molar-refractivity contribution in [3.8, 4) is 0 Å². The molecule has 0 saturated carbocycles. The van der Waals surface area contributed by atoms with Gasteiger partial charge in [-0.2, -0.15) is 4.98 Å². The lowest BCUT2D eigenvalue weighted by Crippen LogP contribution is -2.36. The molecule has 1 aliphatic heterocycles. The third kappa shape index (κ3) is 6.09. The zero-order chi connectivity index (χ0) is 23.9. The van der Waals surface area contributed by atoms with E-state index in [1.807, 2.05) is 29.2 Å². The Morgan fingerprint density at radius 3 is 2.76 bits per heavy atom. The van der Waals surface area contributed by atoms with Crippen molar-refractivity contribution < 1.29 is 13.9 Å². The number of hydrogen-bond acceptors (Lipinski definition) is 7. The monoisotopic (exact) mass is 481 g/mol. The first kappa shape index (κ1) is 23.7. The molecule has 2 heterocycles. The molecule has 1 fully saturated rings. The Labute approximate surface area is 202 Å². The van der Waals surface area contributed by atoms with E-state index in [4.69, 9.17) is 16.3 Å². The zero-order valence-electron chi connectivity index (χ0n) is 18.6. The van der Waals surface area contributed by atoms with Gasteiger partial charge < -0.3 is 20.3 Å². The van der Waals surface area contributed by atoms with Crippen molar-refractivity contribution >= 4 is 40.5 Å². The summed E-state index contributed by atoms with van der Waals surface area (Å²) in [5.74, 6) is 0.371. The van der Waals surface area contributed by atoms with Gasteiger partial charge in [-0.25, -0.2) is 9.37 Å². The van der Waals surface area contributed by atoms with E-state index in [9.17, 15) is 9.18 Å². The third-order valence-electron chi connectivity index (χ3n) is 5.36. The van der Waals surface area contributed by atoms with E-state index in [2.05, 4.69) is 27.2 Å². The molecule has 0 radical (unpaired) electrons. The number of anilines is 4. The maximum Gasteiger partial charge on any atom is 0.229 e. The molecule has 1 aliphatic rings. The first-order chi connectivity index (χ1) is 16.5. The number of nitrogens with zero attached hydrogens (tertiary/aromatic N) is 3. The standard InChI is InChI=1S/C25H25ClFN5O2/c1-2-20(33)13-17-4-3-5-18(12-17)15-28-24-21(26)16-29-25(31-24)30-19-6-7-23(22(27)14-19)32-8-10-34-11-9-32/h2-7,12,14,16H,1,8-11,13,15H2,(H2,28,29,30,31). The molecule has 2 N–H and O–H groups in total. The van der Waals surface area contributed by atoms with Gasteiger partial charge in [-0.1, -0.05) is 42.4 Å². The number of ketones is 1. The van der Waals surface area contributed by atoms with Crippen LogP contribution in [-0.4, -0.2) is 42.1 Å². The summed E-state index contributed by atoms with van der Waals surface area (Å²) in [6.07, 6.45) is 3.11. The van der Waals surface area contributed by atoms with Crippen molar-refractivity contribution in [1.82, 2.24) is 9.97 Å². The second-order valence-corrected chi connectivity index (χ2v) is 8.21. The van der Waals surface area contributed by atoms with Crippen molar-refractivity contribution in [2.45, 2.75) is 13.0 Å². The summed E-state index contributed by atoms with van der Waals surface area (Å²) < 4.78 is 20.0. The molecular formula is C25H25ClFN5O2. The number of ether oxygens (including phenoxy) is 1. The second kappa shape index (κ2) is 11.1. The molecule has 4 rings (SSSR count). The van der Waals surface area contributed by atoms with Gasteiger partial charge in [0.05, 0.1) is 25.1 Å². The van der Waals surface area contributed by atoms with Gasteiger partial charge in [0.1, 0.15) is 10.8 Å². The number of nitrogens with one attached hydrogen (secondary N) is 2. The predicted octanol–water partition coefficient (Wildman–Crippen LogP) is 4.76. The molecule has 1 saturated heterocycles.